The standard InChI is InChI=1S/C13H11F3N2O2S/c1-7-18-9(6-21-7)5-17-11-3-2-8(13(14,15)16)4-10(11)12(19)20/h2-4,6,17H,5H2,1H3,(H,19,20). The monoisotopic (exact) mass is 316 g/mol. The maximum absolute atomic E-state index is 12.6. The van der Waals surface area contributed by atoms with Crippen LogP contribution in [0, 0.1) is 6.92 Å². The van der Waals surface area contributed by atoms with Crippen LogP contribution in [0.1, 0.15) is 26.6 Å². The number of aryl methyl sites for hydroxylation is 1. The average molecular weight is 316 g/mol. The highest BCUT2D eigenvalue weighted by Crippen LogP contribution is 2.32. The smallest absolute Gasteiger partial charge is 0.416 e. The van der Waals surface area contributed by atoms with Gasteiger partial charge in [-0.3, -0.25) is 0 Å². The number of aromatic carboxylic acids is 1. The quantitative estimate of drug-likeness (QED) is 0.901. The molecule has 0 radical (unpaired) electrons. The zero-order valence-corrected chi connectivity index (χ0v) is 11.7. The Hall–Kier alpha value is -2.09. The van der Waals surface area contributed by atoms with Crippen LogP contribution in [0.2, 0.25) is 0 Å². The van der Waals surface area contributed by atoms with E-state index in [0.29, 0.717) is 11.8 Å². The fourth-order valence-corrected chi connectivity index (χ4v) is 2.34. The number of nitrogens with one attached hydrogen (secondary N) is 1. The minimum Gasteiger partial charge on any atom is -0.478 e. The fourth-order valence-electron chi connectivity index (χ4n) is 1.73. The van der Waals surface area contributed by atoms with Crippen molar-refractivity contribution in [2.24, 2.45) is 0 Å². The van der Waals surface area contributed by atoms with Crippen molar-refractivity contribution in [3.63, 3.8) is 0 Å². The van der Waals surface area contributed by atoms with Crippen molar-refractivity contribution in [2.45, 2.75) is 19.6 Å². The lowest BCUT2D eigenvalue weighted by Crippen LogP contribution is -2.11. The van der Waals surface area contributed by atoms with Crippen LogP contribution in [0.3, 0.4) is 0 Å². The van der Waals surface area contributed by atoms with Crippen LogP contribution in [-0.2, 0) is 12.7 Å². The lowest BCUT2D eigenvalue weighted by molar-refractivity contribution is -0.137. The Morgan fingerprint density at radius 2 is 2.14 bits per heavy atom. The predicted octanol–water partition coefficient (Wildman–Crippen LogP) is 3.78. The molecule has 2 N–H and O–H groups in total. The molecule has 0 aliphatic heterocycles. The molecule has 8 heteroatoms. The Balaban J connectivity index is 2.24. The number of benzene rings is 1. The zero-order valence-electron chi connectivity index (χ0n) is 10.9. The van der Waals surface area contributed by atoms with Gasteiger partial charge < -0.3 is 10.4 Å². The van der Waals surface area contributed by atoms with Crippen molar-refractivity contribution in [1.82, 2.24) is 4.98 Å². The molecule has 2 aromatic rings. The molecule has 0 fully saturated rings. The van der Waals surface area contributed by atoms with Crippen LogP contribution in [0.15, 0.2) is 23.6 Å². The van der Waals surface area contributed by atoms with Gasteiger partial charge in [0.2, 0.25) is 0 Å². The maximum Gasteiger partial charge on any atom is 0.416 e. The lowest BCUT2D eigenvalue weighted by atomic mass is 10.1. The fraction of sp³-hybridized carbons (Fsp3) is 0.231. The number of thiazole rings is 1. The van der Waals surface area contributed by atoms with Crippen LogP contribution in [0.25, 0.3) is 0 Å². The van der Waals surface area contributed by atoms with Crippen molar-refractivity contribution >= 4 is 23.0 Å². The van der Waals surface area contributed by atoms with Gasteiger partial charge in [0.25, 0.3) is 0 Å². The van der Waals surface area contributed by atoms with Gasteiger partial charge in [0.05, 0.1) is 28.4 Å². The van der Waals surface area contributed by atoms with Crippen LogP contribution in [0.4, 0.5) is 18.9 Å². The Labute approximate surface area is 122 Å². The summed E-state index contributed by atoms with van der Waals surface area (Å²) in [5, 5.41) is 14.5. The topological polar surface area (TPSA) is 62.2 Å². The van der Waals surface area contributed by atoms with Crippen LogP contribution < -0.4 is 5.32 Å². The van der Waals surface area contributed by atoms with Gasteiger partial charge in [0.15, 0.2) is 0 Å². The van der Waals surface area contributed by atoms with Gasteiger partial charge >= 0.3 is 12.1 Å². The number of hydrogen-bond donors (Lipinski definition) is 2. The third-order valence-corrected chi connectivity index (χ3v) is 3.53. The molecular formula is C13H11F3N2O2S. The van der Waals surface area contributed by atoms with Gasteiger partial charge in [0, 0.05) is 11.1 Å². The maximum atomic E-state index is 12.6. The van der Waals surface area contributed by atoms with Gasteiger partial charge in [0.1, 0.15) is 0 Å². The highest BCUT2D eigenvalue weighted by molar-refractivity contribution is 7.09. The first-order chi connectivity index (χ1) is 9.77. The molecule has 4 nitrogen and oxygen atoms in total. The highest BCUT2D eigenvalue weighted by Gasteiger charge is 2.31. The Morgan fingerprint density at radius 1 is 1.43 bits per heavy atom. The molecule has 0 saturated heterocycles. The molecule has 0 atom stereocenters. The van der Waals surface area contributed by atoms with Crippen molar-refractivity contribution in [3.05, 3.63) is 45.4 Å². The molecule has 1 aromatic carbocycles. The van der Waals surface area contributed by atoms with Crippen molar-refractivity contribution in [1.29, 1.82) is 0 Å². The van der Waals surface area contributed by atoms with E-state index in [1.54, 1.807) is 5.38 Å². The number of rotatable bonds is 4. The number of hydrogen-bond acceptors (Lipinski definition) is 4. The number of aromatic nitrogens is 1. The van der Waals surface area contributed by atoms with Gasteiger partial charge in [-0.05, 0) is 25.1 Å². The largest absolute Gasteiger partial charge is 0.478 e. The summed E-state index contributed by atoms with van der Waals surface area (Å²) in [7, 11) is 0. The Kier molecular flexibility index (Phi) is 4.17. The molecule has 0 bridgehead atoms. The molecule has 0 saturated carbocycles. The molecule has 0 aliphatic rings. The second kappa shape index (κ2) is 5.72. The van der Waals surface area contributed by atoms with Crippen LogP contribution in [0.5, 0.6) is 0 Å². The normalized spacial score (nSPS) is 11.4. The number of alkyl halides is 3. The van der Waals surface area contributed by atoms with E-state index < -0.39 is 23.3 Å². The van der Waals surface area contributed by atoms with Crippen molar-refractivity contribution in [3.8, 4) is 0 Å². The number of carboxylic acid groups (broad SMARTS) is 1. The number of carbonyl (C=O) groups is 1. The summed E-state index contributed by atoms with van der Waals surface area (Å²) in [6, 6.07) is 2.59. The number of nitrogens with zero attached hydrogens (tertiary/aromatic N) is 1. The van der Waals surface area contributed by atoms with Gasteiger partial charge in [-0.25, -0.2) is 9.78 Å². The van der Waals surface area contributed by atoms with E-state index in [1.165, 1.54) is 11.3 Å². The summed E-state index contributed by atoms with van der Waals surface area (Å²) in [6.07, 6.45) is -4.57. The average Bonchev–Trinajstić information content (AvgIpc) is 2.80. The van der Waals surface area contributed by atoms with E-state index in [0.717, 1.165) is 17.1 Å². The van der Waals surface area contributed by atoms with Gasteiger partial charge in [-0.2, -0.15) is 13.2 Å². The van der Waals surface area contributed by atoms with E-state index in [9.17, 15) is 18.0 Å². The summed E-state index contributed by atoms with van der Waals surface area (Å²) in [6.45, 7) is 2.07. The SMILES string of the molecule is Cc1nc(CNc2ccc(C(F)(F)F)cc2C(=O)O)cs1. The van der Waals surface area contributed by atoms with E-state index >= 15 is 0 Å². The number of carboxylic acids is 1. The first-order valence-electron chi connectivity index (χ1n) is 5.87. The summed E-state index contributed by atoms with van der Waals surface area (Å²) in [4.78, 5) is 15.3. The summed E-state index contributed by atoms with van der Waals surface area (Å²) >= 11 is 1.44. The molecule has 112 valence electrons. The Bertz CT molecular complexity index is 668. The molecule has 0 unspecified atom stereocenters. The molecular weight excluding hydrogens is 305 g/mol. The first-order valence-corrected chi connectivity index (χ1v) is 6.75. The predicted molar refractivity (Wildman–Crippen MR) is 72.6 cm³/mol. The third kappa shape index (κ3) is 3.72. The van der Waals surface area contributed by atoms with E-state index in [2.05, 4.69) is 10.3 Å². The van der Waals surface area contributed by atoms with E-state index in [1.807, 2.05) is 6.92 Å². The molecule has 21 heavy (non-hydrogen) atoms. The first kappa shape index (κ1) is 15.3. The molecule has 0 amide bonds. The molecule has 1 aromatic heterocycles. The molecule has 0 aliphatic carbocycles. The van der Waals surface area contributed by atoms with E-state index in [4.69, 9.17) is 5.11 Å². The second-order valence-electron chi connectivity index (χ2n) is 4.27. The molecule has 1 heterocycles. The Morgan fingerprint density at radius 3 is 2.67 bits per heavy atom. The van der Waals surface area contributed by atoms with Gasteiger partial charge in [-0.15, -0.1) is 11.3 Å². The van der Waals surface area contributed by atoms with Crippen molar-refractivity contribution in [2.75, 3.05) is 5.32 Å². The van der Waals surface area contributed by atoms with E-state index in [-0.39, 0.29) is 12.2 Å². The summed E-state index contributed by atoms with van der Waals surface area (Å²) < 4.78 is 37.8. The van der Waals surface area contributed by atoms with Crippen LogP contribution in [-0.4, -0.2) is 16.1 Å². The zero-order chi connectivity index (χ0) is 15.6. The van der Waals surface area contributed by atoms with Crippen LogP contribution >= 0.6 is 11.3 Å². The summed E-state index contributed by atoms with van der Waals surface area (Å²) in [5.41, 5.74) is -0.582. The minimum absolute atomic E-state index is 0.126. The van der Waals surface area contributed by atoms with Crippen molar-refractivity contribution < 1.29 is 23.1 Å². The third-order valence-electron chi connectivity index (χ3n) is 2.70. The highest BCUT2D eigenvalue weighted by atomic mass is 32.1. The minimum atomic E-state index is -4.57. The summed E-state index contributed by atoms with van der Waals surface area (Å²) in [5.74, 6) is -1.42. The second-order valence-corrected chi connectivity index (χ2v) is 5.34. The molecule has 2 rings (SSSR count). The molecule has 0 spiro atoms. The van der Waals surface area contributed by atoms with Gasteiger partial charge in [-0.1, -0.05) is 0 Å². The number of halogens is 3. The lowest BCUT2D eigenvalue weighted by Gasteiger charge is -2.12. The number of anilines is 1.